The molecule has 0 radical (unpaired) electrons. The first kappa shape index (κ1) is 16.3. The molecule has 114 valence electrons. The second kappa shape index (κ2) is 6.82. The molecule has 0 spiro atoms. The van der Waals surface area contributed by atoms with Crippen LogP contribution in [0, 0.1) is 0 Å². The lowest BCUT2D eigenvalue weighted by Crippen LogP contribution is -2.35. The van der Waals surface area contributed by atoms with Gasteiger partial charge in [0, 0.05) is 34.7 Å². The topological polar surface area (TPSA) is 15.3 Å². The van der Waals surface area contributed by atoms with Crippen molar-refractivity contribution >= 4 is 28.6 Å². The standard InChI is InChI=1S/C17H23ClN2S/c1-17(2,3)19-11-13-10-14(18)7-8-16(13)20(4)12-15-6-5-9-21-15/h5-10,19H,11-12H2,1-4H3. The van der Waals surface area contributed by atoms with Gasteiger partial charge in [-0.1, -0.05) is 17.7 Å². The highest BCUT2D eigenvalue weighted by Crippen LogP contribution is 2.26. The Morgan fingerprint density at radius 1 is 1.24 bits per heavy atom. The Morgan fingerprint density at radius 2 is 2.00 bits per heavy atom. The second-order valence-corrected chi connectivity index (χ2v) is 7.78. The van der Waals surface area contributed by atoms with Crippen LogP contribution >= 0.6 is 22.9 Å². The van der Waals surface area contributed by atoms with Crippen LogP contribution in [0.1, 0.15) is 31.2 Å². The highest BCUT2D eigenvalue weighted by Gasteiger charge is 2.13. The number of benzene rings is 1. The number of halogens is 1. The van der Waals surface area contributed by atoms with E-state index in [2.05, 4.69) is 67.7 Å². The van der Waals surface area contributed by atoms with Gasteiger partial charge in [0.1, 0.15) is 0 Å². The minimum Gasteiger partial charge on any atom is -0.369 e. The van der Waals surface area contributed by atoms with Crippen molar-refractivity contribution in [2.45, 2.75) is 39.4 Å². The maximum atomic E-state index is 6.17. The van der Waals surface area contributed by atoms with Crippen molar-refractivity contribution in [3.8, 4) is 0 Å². The van der Waals surface area contributed by atoms with E-state index in [-0.39, 0.29) is 5.54 Å². The molecule has 0 unspecified atom stereocenters. The van der Waals surface area contributed by atoms with Crippen molar-refractivity contribution in [2.75, 3.05) is 11.9 Å². The maximum Gasteiger partial charge on any atom is 0.0519 e. The van der Waals surface area contributed by atoms with Gasteiger partial charge in [0.25, 0.3) is 0 Å². The molecule has 2 rings (SSSR count). The predicted octanol–water partition coefficient (Wildman–Crippen LogP) is 4.93. The third kappa shape index (κ3) is 5.03. The van der Waals surface area contributed by atoms with Crippen molar-refractivity contribution in [1.82, 2.24) is 5.32 Å². The van der Waals surface area contributed by atoms with E-state index in [4.69, 9.17) is 11.6 Å². The van der Waals surface area contributed by atoms with Crippen LogP contribution in [0.25, 0.3) is 0 Å². The normalized spacial score (nSPS) is 11.7. The summed E-state index contributed by atoms with van der Waals surface area (Å²) in [6.45, 7) is 8.25. The van der Waals surface area contributed by atoms with Crippen LogP contribution in [0.4, 0.5) is 5.69 Å². The molecule has 2 aromatic rings. The Hall–Kier alpha value is -1.03. The van der Waals surface area contributed by atoms with Gasteiger partial charge in [-0.05, 0) is 56.0 Å². The second-order valence-electron chi connectivity index (χ2n) is 6.31. The molecule has 0 saturated carbocycles. The van der Waals surface area contributed by atoms with Crippen LogP contribution in [0.3, 0.4) is 0 Å². The Labute approximate surface area is 136 Å². The average molecular weight is 323 g/mol. The predicted molar refractivity (Wildman–Crippen MR) is 94.5 cm³/mol. The van der Waals surface area contributed by atoms with E-state index < -0.39 is 0 Å². The molecule has 0 aliphatic carbocycles. The third-order valence-electron chi connectivity index (χ3n) is 3.24. The number of anilines is 1. The average Bonchev–Trinajstić information content (AvgIpc) is 2.88. The van der Waals surface area contributed by atoms with Crippen molar-refractivity contribution in [3.63, 3.8) is 0 Å². The van der Waals surface area contributed by atoms with Gasteiger partial charge >= 0.3 is 0 Å². The summed E-state index contributed by atoms with van der Waals surface area (Å²) in [5.74, 6) is 0. The van der Waals surface area contributed by atoms with Gasteiger partial charge in [-0.2, -0.15) is 0 Å². The summed E-state index contributed by atoms with van der Waals surface area (Å²) >= 11 is 7.96. The Kier molecular flexibility index (Phi) is 5.31. The first-order valence-corrected chi connectivity index (χ1v) is 8.38. The van der Waals surface area contributed by atoms with Gasteiger partial charge in [0.15, 0.2) is 0 Å². The molecular formula is C17H23ClN2S. The molecule has 0 aliphatic heterocycles. The number of thiophene rings is 1. The van der Waals surface area contributed by atoms with E-state index in [9.17, 15) is 0 Å². The summed E-state index contributed by atoms with van der Waals surface area (Å²) in [5, 5.41) is 6.44. The van der Waals surface area contributed by atoms with Crippen LogP contribution in [0.2, 0.25) is 5.02 Å². The monoisotopic (exact) mass is 322 g/mol. The number of rotatable bonds is 5. The molecule has 4 heteroatoms. The molecule has 1 heterocycles. The zero-order valence-corrected chi connectivity index (χ0v) is 14.7. The summed E-state index contributed by atoms with van der Waals surface area (Å²) in [5.41, 5.74) is 2.55. The first-order chi connectivity index (χ1) is 9.85. The van der Waals surface area contributed by atoms with Gasteiger partial charge in [0.05, 0.1) is 6.54 Å². The Balaban J connectivity index is 2.17. The van der Waals surface area contributed by atoms with Crippen LogP contribution < -0.4 is 10.2 Å². The van der Waals surface area contributed by atoms with Crippen molar-refractivity contribution in [1.29, 1.82) is 0 Å². The van der Waals surface area contributed by atoms with E-state index in [1.54, 1.807) is 11.3 Å². The molecular weight excluding hydrogens is 300 g/mol. The van der Waals surface area contributed by atoms with Gasteiger partial charge in [-0.25, -0.2) is 0 Å². The minimum atomic E-state index is 0.0892. The molecule has 0 atom stereocenters. The summed E-state index contributed by atoms with van der Waals surface area (Å²) in [4.78, 5) is 3.64. The van der Waals surface area contributed by atoms with E-state index in [1.807, 2.05) is 6.07 Å². The largest absolute Gasteiger partial charge is 0.369 e. The molecule has 1 N–H and O–H groups in total. The van der Waals surface area contributed by atoms with Gasteiger partial charge in [-0.15, -0.1) is 11.3 Å². The fraction of sp³-hybridized carbons (Fsp3) is 0.412. The fourth-order valence-corrected chi connectivity index (χ4v) is 3.10. The zero-order chi connectivity index (χ0) is 15.5. The highest BCUT2D eigenvalue weighted by atomic mass is 35.5. The fourth-order valence-electron chi connectivity index (χ4n) is 2.15. The lowest BCUT2D eigenvalue weighted by Gasteiger charge is -2.25. The SMILES string of the molecule is CN(Cc1cccs1)c1ccc(Cl)cc1CNC(C)(C)C. The van der Waals surface area contributed by atoms with Crippen LogP contribution in [-0.2, 0) is 13.1 Å². The van der Waals surface area contributed by atoms with Gasteiger partial charge in [0.2, 0.25) is 0 Å². The summed E-state index contributed by atoms with van der Waals surface area (Å²) < 4.78 is 0. The van der Waals surface area contributed by atoms with Crippen LogP contribution in [-0.4, -0.2) is 12.6 Å². The van der Waals surface area contributed by atoms with Crippen LogP contribution in [0.5, 0.6) is 0 Å². The number of nitrogens with zero attached hydrogens (tertiary/aromatic N) is 1. The third-order valence-corrected chi connectivity index (χ3v) is 4.33. The molecule has 0 saturated heterocycles. The van der Waals surface area contributed by atoms with Crippen molar-refractivity contribution in [2.24, 2.45) is 0 Å². The number of hydrogen-bond donors (Lipinski definition) is 1. The molecule has 0 bridgehead atoms. The van der Waals surface area contributed by atoms with E-state index in [0.29, 0.717) is 0 Å². The Bertz CT molecular complexity index is 573. The summed E-state index contributed by atoms with van der Waals surface area (Å²) in [7, 11) is 2.13. The number of hydrogen-bond acceptors (Lipinski definition) is 3. The summed E-state index contributed by atoms with van der Waals surface area (Å²) in [6.07, 6.45) is 0. The molecule has 1 aromatic heterocycles. The zero-order valence-electron chi connectivity index (χ0n) is 13.1. The molecule has 0 aliphatic rings. The van der Waals surface area contributed by atoms with Gasteiger partial charge < -0.3 is 10.2 Å². The molecule has 2 nitrogen and oxygen atoms in total. The first-order valence-electron chi connectivity index (χ1n) is 7.12. The summed E-state index contributed by atoms with van der Waals surface area (Å²) in [6, 6.07) is 10.4. The van der Waals surface area contributed by atoms with Crippen molar-refractivity contribution in [3.05, 3.63) is 51.2 Å². The van der Waals surface area contributed by atoms with Crippen LogP contribution in [0.15, 0.2) is 35.7 Å². The quantitative estimate of drug-likeness (QED) is 0.840. The minimum absolute atomic E-state index is 0.0892. The Morgan fingerprint density at radius 3 is 2.62 bits per heavy atom. The number of nitrogens with one attached hydrogen (secondary N) is 1. The molecule has 1 aromatic carbocycles. The van der Waals surface area contributed by atoms with Gasteiger partial charge in [-0.3, -0.25) is 0 Å². The highest BCUT2D eigenvalue weighted by molar-refractivity contribution is 7.09. The molecule has 0 fully saturated rings. The van der Waals surface area contributed by atoms with Crippen molar-refractivity contribution < 1.29 is 0 Å². The smallest absolute Gasteiger partial charge is 0.0519 e. The van der Waals surface area contributed by atoms with E-state index in [1.165, 1.54) is 16.1 Å². The molecule has 21 heavy (non-hydrogen) atoms. The lowest BCUT2D eigenvalue weighted by molar-refractivity contribution is 0.424. The van der Waals surface area contributed by atoms with E-state index in [0.717, 1.165) is 18.1 Å². The molecule has 0 amide bonds. The van der Waals surface area contributed by atoms with E-state index >= 15 is 0 Å². The maximum absolute atomic E-state index is 6.17. The lowest BCUT2D eigenvalue weighted by atomic mass is 10.1.